The van der Waals surface area contributed by atoms with Gasteiger partial charge in [-0.25, -0.2) is 0 Å². The van der Waals surface area contributed by atoms with Crippen LogP contribution in [0.4, 0.5) is 0 Å². The number of halogens is 2. The first-order valence-corrected chi connectivity index (χ1v) is 5.58. The molecule has 0 aliphatic rings. The molecule has 1 rings (SSSR count). The molecule has 0 aliphatic carbocycles. The molecular formula is C10H13BrClNO. The summed E-state index contributed by atoms with van der Waals surface area (Å²) in [4.78, 5) is 0. The number of hydrogen-bond acceptors (Lipinski definition) is 2. The highest BCUT2D eigenvalue weighted by molar-refractivity contribution is 9.10. The minimum atomic E-state index is 0.633. The molecule has 14 heavy (non-hydrogen) atoms. The largest absolute Gasteiger partial charge is 0.495 e. The summed E-state index contributed by atoms with van der Waals surface area (Å²) < 4.78 is 6.20. The Kier molecular flexibility index (Phi) is 4.72. The van der Waals surface area contributed by atoms with Gasteiger partial charge in [0.1, 0.15) is 5.75 Å². The number of nitrogens with two attached hydrogens (primary N) is 1. The fourth-order valence-corrected chi connectivity index (χ4v) is 2.27. The minimum Gasteiger partial charge on any atom is -0.495 e. The summed E-state index contributed by atoms with van der Waals surface area (Å²) in [6.07, 6.45) is 1.82. The van der Waals surface area contributed by atoms with E-state index in [1.807, 2.05) is 12.1 Å². The molecule has 0 saturated carbocycles. The van der Waals surface area contributed by atoms with Gasteiger partial charge in [0.2, 0.25) is 0 Å². The summed E-state index contributed by atoms with van der Waals surface area (Å²) in [7, 11) is 1.63. The van der Waals surface area contributed by atoms with Gasteiger partial charge >= 0.3 is 0 Å². The normalized spacial score (nSPS) is 10.3. The van der Waals surface area contributed by atoms with Gasteiger partial charge < -0.3 is 10.5 Å². The van der Waals surface area contributed by atoms with E-state index in [0.29, 0.717) is 11.6 Å². The Balaban J connectivity index is 2.99. The fraction of sp³-hybridized carbons (Fsp3) is 0.400. The lowest BCUT2D eigenvalue weighted by molar-refractivity contribution is 0.409. The predicted molar refractivity (Wildman–Crippen MR) is 63.1 cm³/mol. The third-order valence-corrected chi connectivity index (χ3v) is 2.68. The van der Waals surface area contributed by atoms with Crippen LogP contribution in [0.1, 0.15) is 12.0 Å². The van der Waals surface area contributed by atoms with E-state index in [4.69, 9.17) is 22.1 Å². The first-order chi connectivity index (χ1) is 6.69. The van der Waals surface area contributed by atoms with Crippen LogP contribution in [0.2, 0.25) is 5.02 Å². The van der Waals surface area contributed by atoms with Gasteiger partial charge in [-0.3, -0.25) is 0 Å². The summed E-state index contributed by atoms with van der Waals surface area (Å²) in [5.74, 6) is 0.753. The monoisotopic (exact) mass is 277 g/mol. The molecule has 0 aliphatic heterocycles. The van der Waals surface area contributed by atoms with Crippen LogP contribution in [0.15, 0.2) is 16.6 Å². The average molecular weight is 279 g/mol. The minimum absolute atomic E-state index is 0.633. The van der Waals surface area contributed by atoms with Crippen molar-refractivity contribution in [2.24, 2.45) is 5.73 Å². The average Bonchev–Trinajstić information content (AvgIpc) is 2.14. The van der Waals surface area contributed by atoms with Crippen LogP contribution in [-0.4, -0.2) is 13.7 Å². The molecule has 0 fully saturated rings. The highest BCUT2D eigenvalue weighted by atomic mass is 79.9. The number of aryl methyl sites for hydroxylation is 1. The highest BCUT2D eigenvalue weighted by Gasteiger charge is 2.08. The molecule has 0 saturated heterocycles. The fourth-order valence-electron chi connectivity index (χ4n) is 1.32. The van der Waals surface area contributed by atoms with E-state index < -0.39 is 0 Å². The molecule has 1 aromatic rings. The molecule has 0 aromatic heterocycles. The Labute approximate surface area is 97.5 Å². The van der Waals surface area contributed by atoms with Crippen LogP contribution in [0.25, 0.3) is 0 Å². The first kappa shape index (κ1) is 11.8. The van der Waals surface area contributed by atoms with Gasteiger partial charge in [-0.05, 0) is 37.1 Å². The molecule has 2 nitrogen and oxygen atoms in total. The zero-order valence-electron chi connectivity index (χ0n) is 8.02. The molecule has 78 valence electrons. The molecule has 0 spiro atoms. The van der Waals surface area contributed by atoms with E-state index in [1.54, 1.807) is 7.11 Å². The Morgan fingerprint density at radius 2 is 2.21 bits per heavy atom. The number of rotatable bonds is 4. The predicted octanol–water partition coefficient (Wildman–Crippen LogP) is 3.00. The van der Waals surface area contributed by atoms with E-state index in [1.165, 1.54) is 0 Å². The molecule has 0 bridgehead atoms. The zero-order chi connectivity index (χ0) is 10.6. The molecule has 0 atom stereocenters. The third kappa shape index (κ3) is 2.87. The SMILES string of the molecule is COc1c(Cl)cc(Br)cc1CCCN. The second kappa shape index (κ2) is 5.59. The molecule has 4 heteroatoms. The lowest BCUT2D eigenvalue weighted by Gasteiger charge is -2.10. The van der Waals surface area contributed by atoms with Crippen molar-refractivity contribution in [2.75, 3.05) is 13.7 Å². The molecule has 0 heterocycles. The van der Waals surface area contributed by atoms with Crippen molar-refractivity contribution in [3.05, 3.63) is 27.2 Å². The Bertz CT molecular complexity index is 317. The van der Waals surface area contributed by atoms with Crippen LogP contribution in [-0.2, 0) is 6.42 Å². The van der Waals surface area contributed by atoms with E-state index in [-0.39, 0.29) is 0 Å². The molecular weight excluding hydrogens is 265 g/mol. The number of methoxy groups -OCH3 is 1. The Morgan fingerprint density at radius 3 is 2.79 bits per heavy atom. The topological polar surface area (TPSA) is 35.2 Å². The van der Waals surface area contributed by atoms with Gasteiger partial charge in [0, 0.05) is 4.47 Å². The van der Waals surface area contributed by atoms with Crippen molar-refractivity contribution in [3.8, 4) is 5.75 Å². The van der Waals surface area contributed by atoms with Gasteiger partial charge in [0.25, 0.3) is 0 Å². The summed E-state index contributed by atoms with van der Waals surface area (Å²) in [5, 5.41) is 0.633. The second-order valence-corrected chi connectivity index (χ2v) is 4.30. The maximum absolute atomic E-state index is 6.03. The maximum atomic E-state index is 6.03. The standard InChI is InChI=1S/C10H13BrClNO/c1-14-10-7(3-2-4-13)5-8(11)6-9(10)12/h5-6H,2-4,13H2,1H3. The van der Waals surface area contributed by atoms with Crippen LogP contribution >= 0.6 is 27.5 Å². The van der Waals surface area contributed by atoms with Gasteiger partial charge in [-0.2, -0.15) is 0 Å². The Hall–Kier alpha value is -0.250. The maximum Gasteiger partial charge on any atom is 0.140 e. The van der Waals surface area contributed by atoms with Gasteiger partial charge in [-0.1, -0.05) is 27.5 Å². The summed E-state index contributed by atoms with van der Waals surface area (Å²) in [6.45, 7) is 0.674. The molecule has 0 amide bonds. The number of benzene rings is 1. The van der Waals surface area contributed by atoms with Gasteiger partial charge in [0.05, 0.1) is 12.1 Å². The van der Waals surface area contributed by atoms with Gasteiger partial charge in [0.15, 0.2) is 0 Å². The lowest BCUT2D eigenvalue weighted by Crippen LogP contribution is -2.02. The summed E-state index contributed by atoms with van der Waals surface area (Å²) >= 11 is 9.42. The molecule has 0 radical (unpaired) electrons. The highest BCUT2D eigenvalue weighted by Crippen LogP contribution is 2.32. The lowest BCUT2D eigenvalue weighted by atomic mass is 10.1. The van der Waals surface area contributed by atoms with Crippen molar-refractivity contribution >= 4 is 27.5 Å². The van der Waals surface area contributed by atoms with E-state index in [0.717, 1.165) is 28.6 Å². The van der Waals surface area contributed by atoms with Crippen LogP contribution in [0.5, 0.6) is 5.75 Å². The molecule has 2 N–H and O–H groups in total. The molecule has 1 aromatic carbocycles. The van der Waals surface area contributed by atoms with Crippen molar-refractivity contribution < 1.29 is 4.74 Å². The van der Waals surface area contributed by atoms with E-state index in [2.05, 4.69) is 15.9 Å². The second-order valence-electron chi connectivity index (χ2n) is 2.97. The van der Waals surface area contributed by atoms with Crippen molar-refractivity contribution in [1.29, 1.82) is 0 Å². The van der Waals surface area contributed by atoms with Crippen molar-refractivity contribution in [1.82, 2.24) is 0 Å². The van der Waals surface area contributed by atoms with E-state index in [9.17, 15) is 0 Å². The summed E-state index contributed by atoms with van der Waals surface area (Å²) in [6, 6.07) is 3.84. The first-order valence-electron chi connectivity index (χ1n) is 4.41. The summed E-state index contributed by atoms with van der Waals surface area (Å²) in [5.41, 5.74) is 6.55. The third-order valence-electron chi connectivity index (χ3n) is 1.94. The number of ether oxygens (including phenoxy) is 1. The molecule has 0 unspecified atom stereocenters. The van der Waals surface area contributed by atoms with Crippen LogP contribution in [0.3, 0.4) is 0 Å². The zero-order valence-corrected chi connectivity index (χ0v) is 10.4. The van der Waals surface area contributed by atoms with Crippen molar-refractivity contribution in [2.45, 2.75) is 12.8 Å². The van der Waals surface area contributed by atoms with E-state index >= 15 is 0 Å². The van der Waals surface area contributed by atoms with Crippen LogP contribution in [0, 0.1) is 0 Å². The quantitative estimate of drug-likeness (QED) is 0.919. The Morgan fingerprint density at radius 1 is 1.50 bits per heavy atom. The van der Waals surface area contributed by atoms with Crippen LogP contribution < -0.4 is 10.5 Å². The van der Waals surface area contributed by atoms with Gasteiger partial charge in [-0.15, -0.1) is 0 Å². The smallest absolute Gasteiger partial charge is 0.140 e. The van der Waals surface area contributed by atoms with Crippen molar-refractivity contribution in [3.63, 3.8) is 0 Å². The number of hydrogen-bond donors (Lipinski definition) is 1.